The van der Waals surface area contributed by atoms with Gasteiger partial charge in [0.05, 0.1) is 6.07 Å². The molecule has 0 aliphatic rings. The Hall–Kier alpha value is -1.73. The fourth-order valence-electron chi connectivity index (χ4n) is 1.43. The zero-order valence-electron chi connectivity index (χ0n) is 8.72. The maximum atomic E-state index is 10.9. The van der Waals surface area contributed by atoms with Crippen molar-refractivity contribution >= 4 is 17.7 Å². The molecule has 1 rings (SSSR count). The molecule has 0 aliphatic carbocycles. The number of nitrogens with zero attached hydrogens (tertiary/aromatic N) is 2. The Morgan fingerprint density at radius 2 is 2.38 bits per heavy atom. The molecule has 1 unspecified atom stereocenters. The van der Waals surface area contributed by atoms with Crippen molar-refractivity contribution in [2.75, 3.05) is 6.54 Å². The molecular weight excluding hydrogens is 228 g/mol. The predicted molar refractivity (Wildman–Crippen MR) is 60.2 cm³/mol. The van der Waals surface area contributed by atoms with Gasteiger partial charge in [-0.15, -0.1) is 0 Å². The molecule has 1 amide bonds. The lowest BCUT2D eigenvalue weighted by molar-refractivity contribution is 0.138. The van der Waals surface area contributed by atoms with Gasteiger partial charge in [0.15, 0.2) is 0 Å². The molecule has 0 bridgehead atoms. The second-order valence-electron chi connectivity index (χ2n) is 3.16. The first-order chi connectivity index (χ1) is 7.60. The zero-order valence-corrected chi connectivity index (χ0v) is 9.48. The number of hydrogen-bond donors (Lipinski definition) is 1. The summed E-state index contributed by atoms with van der Waals surface area (Å²) in [6, 6.07) is 7.80. The molecule has 4 nitrogen and oxygen atoms in total. The predicted octanol–water partition coefficient (Wildman–Crippen LogP) is 2.90. The van der Waals surface area contributed by atoms with E-state index in [1.54, 1.807) is 31.2 Å². The lowest BCUT2D eigenvalue weighted by Crippen LogP contribution is -2.32. The van der Waals surface area contributed by atoms with Crippen molar-refractivity contribution in [3.63, 3.8) is 0 Å². The van der Waals surface area contributed by atoms with Gasteiger partial charge in [-0.05, 0) is 24.6 Å². The Balaban J connectivity index is 3.07. The lowest BCUT2D eigenvalue weighted by Gasteiger charge is -2.22. The Morgan fingerprint density at radius 3 is 2.81 bits per heavy atom. The molecule has 0 spiro atoms. The van der Waals surface area contributed by atoms with Crippen LogP contribution in [0.1, 0.15) is 18.5 Å². The normalized spacial score (nSPS) is 11.6. The molecule has 5 heteroatoms. The molecule has 1 aromatic carbocycles. The van der Waals surface area contributed by atoms with Crippen LogP contribution in [0.3, 0.4) is 0 Å². The summed E-state index contributed by atoms with van der Waals surface area (Å²) in [5.74, 6) is 0. The number of hydrogen-bond acceptors (Lipinski definition) is 2. The van der Waals surface area contributed by atoms with E-state index >= 15 is 0 Å². The van der Waals surface area contributed by atoms with Crippen molar-refractivity contribution in [3.05, 3.63) is 34.9 Å². The van der Waals surface area contributed by atoms with Gasteiger partial charge in [0.2, 0.25) is 0 Å². The van der Waals surface area contributed by atoms with Crippen molar-refractivity contribution in [1.82, 2.24) is 4.90 Å². The molecule has 0 fully saturated rings. The molecule has 1 atom stereocenters. The molecule has 0 radical (unpaired) electrons. The van der Waals surface area contributed by atoms with Crippen molar-refractivity contribution in [2.24, 2.45) is 0 Å². The number of nitriles is 1. The summed E-state index contributed by atoms with van der Waals surface area (Å²) in [7, 11) is 0. The highest BCUT2D eigenvalue weighted by atomic mass is 35.5. The van der Waals surface area contributed by atoms with E-state index in [0.29, 0.717) is 10.6 Å². The monoisotopic (exact) mass is 238 g/mol. The highest BCUT2D eigenvalue weighted by Gasteiger charge is 2.22. The molecule has 0 aliphatic heterocycles. The van der Waals surface area contributed by atoms with Gasteiger partial charge in [0, 0.05) is 11.6 Å². The minimum Gasteiger partial charge on any atom is -0.465 e. The van der Waals surface area contributed by atoms with E-state index in [-0.39, 0.29) is 6.54 Å². The van der Waals surface area contributed by atoms with Crippen LogP contribution in [0.5, 0.6) is 0 Å². The van der Waals surface area contributed by atoms with E-state index in [1.807, 2.05) is 6.07 Å². The van der Waals surface area contributed by atoms with Crippen molar-refractivity contribution in [1.29, 1.82) is 5.26 Å². The minimum atomic E-state index is -1.12. The smallest absolute Gasteiger partial charge is 0.408 e. The van der Waals surface area contributed by atoms with E-state index in [1.165, 1.54) is 0 Å². The van der Waals surface area contributed by atoms with Gasteiger partial charge in [0.1, 0.15) is 6.04 Å². The summed E-state index contributed by atoms with van der Waals surface area (Å²) >= 11 is 5.80. The quantitative estimate of drug-likeness (QED) is 0.881. The number of rotatable bonds is 3. The topological polar surface area (TPSA) is 64.3 Å². The average Bonchev–Trinajstić information content (AvgIpc) is 2.25. The van der Waals surface area contributed by atoms with Gasteiger partial charge in [-0.1, -0.05) is 23.7 Å². The highest BCUT2D eigenvalue weighted by Crippen LogP contribution is 2.22. The third kappa shape index (κ3) is 2.65. The van der Waals surface area contributed by atoms with Crippen LogP contribution in [0.2, 0.25) is 5.02 Å². The molecule has 1 aromatic rings. The summed E-state index contributed by atoms with van der Waals surface area (Å²) < 4.78 is 0. The summed E-state index contributed by atoms with van der Waals surface area (Å²) in [6.45, 7) is 1.93. The largest absolute Gasteiger partial charge is 0.465 e. The number of carboxylic acid groups (broad SMARTS) is 1. The van der Waals surface area contributed by atoms with Crippen LogP contribution in [0, 0.1) is 11.3 Å². The van der Waals surface area contributed by atoms with Gasteiger partial charge in [-0.2, -0.15) is 5.26 Å². The zero-order chi connectivity index (χ0) is 12.1. The van der Waals surface area contributed by atoms with Gasteiger partial charge in [-0.3, -0.25) is 4.90 Å². The van der Waals surface area contributed by atoms with E-state index < -0.39 is 12.1 Å². The fourth-order valence-corrected chi connectivity index (χ4v) is 1.63. The van der Waals surface area contributed by atoms with Crippen LogP contribution in [0.25, 0.3) is 0 Å². The first-order valence-corrected chi connectivity index (χ1v) is 5.12. The van der Waals surface area contributed by atoms with E-state index in [9.17, 15) is 4.79 Å². The number of halogens is 1. The van der Waals surface area contributed by atoms with Crippen LogP contribution in [-0.4, -0.2) is 22.6 Å². The second-order valence-corrected chi connectivity index (χ2v) is 3.59. The van der Waals surface area contributed by atoms with Gasteiger partial charge in [0.25, 0.3) is 0 Å². The van der Waals surface area contributed by atoms with E-state index in [0.717, 1.165) is 4.90 Å². The second kappa shape index (κ2) is 5.38. The Bertz CT molecular complexity index is 428. The van der Waals surface area contributed by atoms with E-state index in [4.69, 9.17) is 22.0 Å². The fraction of sp³-hybridized carbons (Fsp3) is 0.273. The first-order valence-electron chi connectivity index (χ1n) is 4.74. The van der Waals surface area contributed by atoms with Gasteiger partial charge in [-0.25, -0.2) is 4.79 Å². The Kier molecular flexibility index (Phi) is 4.15. The Labute approximate surface area is 98.7 Å². The third-order valence-electron chi connectivity index (χ3n) is 2.18. The third-order valence-corrected chi connectivity index (χ3v) is 2.42. The Morgan fingerprint density at radius 1 is 1.69 bits per heavy atom. The maximum absolute atomic E-state index is 10.9. The summed E-state index contributed by atoms with van der Waals surface area (Å²) in [4.78, 5) is 12.0. The molecular formula is C11H11ClN2O2. The van der Waals surface area contributed by atoms with Gasteiger partial charge < -0.3 is 5.11 Å². The van der Waals surface area contributed by atoms with Crippen LogP contribution >= 0.6 is 11.6 Å². The van der Waals surface area contributed by atoms with Crippen LogP contribution in [-0.2, 0) is 0 Å². The number of carbonyl (C=O) groups is 1. The summed E-state index contributed by atoms with van der Waals surface area (Å²) in [6.07, 6.45) is -1.12. The maximum Gasteiger partial charge on any atom is 0.408 e. The van der Waals surface area contributed by atoms with Gasteiger partial charge >= 0.3 is 6.09 Å². The number of amides is 1. The highest BCUT2D eigenvalue weighted by molar-refractivity contribution is 6.30. The molecule has 0 aromatic heterocycles. The van der Waals surface area contributed by atoms with Crippen molar-refractivity contribution in [2.45, 2.75) is 13.0 Å². The first kappa shape index (κ1) is 12.3. The van der Waals surface area contributed by atoms with Crippen LogP contribution < -0.4 is 0 Å². The molecule has 16 heavy (non-hydrogen) atoms. The van der Waals surface area contributed by atoms with E-state index in [2.05, 4.69) is 0 Å². The molecule has 0 saturated heterocycles. The average molecular weight is 239 g/mol. The molecule has 84 valence electrons. The minimum absolute atomic E-state index is 0.250. The number of benzene rings is 1. The van der Waals surface area contributed by atoms with Crippen molar-refractivity contribution < 1.29 is 9.90 Å². The molecule has 1 N–H and O–H groups in total. The molecule has 0 heterocycles. The summed E-state index contributed by atoms with van der Waals surface area (Å²) in [5, 5.41) is 18.5. The van der Waals surface area contributed by atoms with Crippen LogP contribution in [0.15, 0.2) is 24.3 Å². The molecule has 0 saturated carbocycles. The summed E-state index contributed by atoms with van der Waals surface area (Å²) in [5.41, 5.74) is 0.583. The van der Waals surface area contributed by atoms with Crippen LogP contribution in [0.4, 0.5) is 4.79 Å². The lowest BCUT2D eigenvalue weighted by atomic mass is 10.1. The van der Waals surface area contributed by atoms with Crippen molar-refractivity contribution in [3.8, 4) is 6.07 Å². The SMILES string of the molecule is CCN(C(=O)O)C(C#N)c1cccc(Cl)c1. The standard InChI is InChI=1S/C11H11ClN2O2/c1-2-14(11(15)16)10(7-13)8-4-3-5-9(12)6-8/h3-6,10H,2H2,1H3,(H,15,16).